The molecule has 3 aromatic heterocycles. The van der Waals surface area contributed by atoms with E-state index in [2.05, 4.69) is 9.71 Å². The first kappa shape index (κ1) is 13.1. The van der Waals surface area contributed by atoms with E-state index in [-0.39, 0.29) is 0 Å². The summed E-state index contributed by atoms with van der Waals surface area (Å²) in [7, 11) is -3.52. The van der Waals surface area contributed by atoms with Crippen molar-refractivity contribution in [3.8, 4) is 0 Å². The highest BCUT2D eigenvalue weighted by Gasteiger charge is 2.16. The highest BCUT2D eigenvalue weighted by molar-refractivity contribution is 7.94. The fourth-order valence-corrected chi connectivity index (χ4v) is 4.22. The van der Waals surface area contributed by atoms with E-state index in [0.29, 0.717) is 9.90 Å². The third kappa shape index (κ3) is 2.41. The van der Waals surface area contributed by atoms with Gasteiger partial charge in [0.15, 0.2) is 0 Å². The number of aromatic nitrogens is 2. The zero-order chi connectivity index (χ0) is 14.2. The molecule has 0 aliphatic heterocycles. The van der Waals surface area contributed by atoms with Gasteiger partial charge in [0.25, 0.3) is 10.0 Å². The second-order valence-corrected chi connectivity index (χ2v) is 7.37. The smallest absolute Gasteiger partial charge is 0.271 e. The SMILES string of the molecule is CCc1ccc(S(=O)(=O)Nc2ccc3nccn3c2)s1. The first-order valence-electron chi connectivity index (χ1n) is 6.13. The molecule has 0 saturated heterocycles. The molecule has 0 atom stereocenters. The van der Waals surface area contributed by atoms with Crippen LogP contribution in [0.2, 0.25) is 0 Å². The molecule has 0 unspecified atom stereocenters. The number of hydrogen-bond donors (Lipinski definition) is 1. The zero-order valence-corrected chi connectivity index (χ0v) is 12.4. The largest absolute Gasteiger partial charge is 0.305 e. The molecule has 0 saturated carbocycles. The van der Waals surface area contributed by atoms with Gasteiger partial charge >= 0.3 is 0 Å². The lowest BCUT2D eigenvalue weighted by molar-refractivity contribution is 0.603. The molecule has 0 amide bonds. The van der Waals surface area contributed by atoms with Gasteiger partial charge in [-0.1, -0.05) is 6.92 Å². The van der Waals surface area contributed by atoms with Crippen LogP contribution in [-0.2, 0) is 16.4 Å². The van der Waals surface area contributed by atoms with Crippen LogP contribution < -0.4 is 4.72 Å². The number of nitrogens with one attached hydrogen (secondary N) is 1. The van der Waals surface area contributed by atoms with Crippen molar-refractivity contribution in [2.45, 2.75) is 17.6 Å². The Morgan fingerprint density at radius 3 is 2.90 bits per heavy atom. The summed E-state index contributed by atoms with van der Waals surface area (Å²) >= 11 is 1.29. The van der Waals surface area contributed by atoms with Crippen LogP contribution in [0.3, 0.4) is 0 Å². The Bertz CT molecular complexity index is 849. The molecular weight excluding hydrogens is 294 g/mol. The van der Waals surface area contributed by atoms with E-state index >= 15 is 0 Å². The van der Waals surface area contributed by atoms with Crippen LogP contribution in [-0.4, -0.2) is 17.8 Å². The molecule has 1 N–H and O–H groups in total. The monoisotopic (exact) mass is 307 g/mol. The molecule has 0 bridgehead atoms. The van der Waals surface area contributed by atoms with E-state index in [1.54, 1.807) is 41.2 Å². The molecule has 3 heterocycles. The Morgan fingerprint density at radius 1 is 1.30 bits per heavy atom. The van der Waals surface area contributed by atoms with Gasteiger partial charge in [0, 0.05) is 23.5 Å². The standard InChI is InChI=1S/C13H13N3O2S2/c1-2-11-4-6-13(19-11)20(17,18)15-10-3-5-12-14-7-8-16(12)9-10/h3-9,15H,2H2,1H3. The Balaban J connectivity index is 1.92. The van der Waals surface area contributed by atoms with E-state index in [4.69, 9.17) is 0 Å². The Morgan fingerprint density at radius 2 is 2.15 bits per heavy atom. The number of aryl methyl sites for hydroxylation is 1. The Hall–Kier alpha value is -1.86. The van der Waals surface area contributed by atoms with Gasteiger partial charge in [-0.15, -0.1) is 11.3 Å². The number of pyridine rings is 1. The fourth-order valence-electron chi connectivity index (χ4n) is 1.88. The van der Waals surface area contributed by atoms with Crippen LogP contribution in [0.25, 0.3) is 5.65 Å². The molecule has 0 aliphatic carbocycles. The van der Waals surface area contributed by atoms with Crippen LogP contribution in [0.1, 0.15) is 11.8 Å². The topological polar surface area (TPSA) is 63.5 Å². The van der Waals surface area contributed by atoms with Gasteiger partial charge < -0.3 is 4.40 Å². The molecule has 7 heteroatoms. The van der Waals surface area contributed by atoms with Crippen molar-refractivity contribution >= 4 is 32.7 Å². The number of rotatable bonds is 4. The Labute approximate surface area is 121 Å². The van der Waals surface area contributed by atoms with Crippen molar-refractivity contribution in [2.75, 3.05) is 4.72 Å². The highest BCUT2D eigenvalue weighted by atomic mass is 32.2. The van der Waals surface area contributed by atoms with Gasteiger partial charge in [-0.05, 0) is 30.7 Å². The number of thiophene rings is 1. The molecule has 0 fully saturated rings. The van der Waals surface area contributed by atoms with Crippen LogP contribution in [0, 0.1) is 0 Å². The van der Waals surface area contributed by atoms with Crippen molar-refractivity contribution in [3.05, 3.63) is 47.7 Å². The normalized spacial score (nSPS) is 11.8. The lowest BCUT2D eigenvalue weighted by Gasteiger charge is -2.06. The van der Waals surface area contributed by atoms with Crippen LogP contribution in [0.5, 0.6) is 0 Å². The lowest BCUT2D eigenvalue weighted by atomic mass is 10.4. The maximum Gasteiger partial charge on any atom is 0.271 e. The van der Waals surface area contributed by atoms with E-state index in [9.17, 15) is 8.42 Å². The summed E-state index contributed by atoms with van der Waals surface area (Å²) in [6, 6.07) is 6.96. The Kier molecular flexibility index (Phi) is 3.23. The van der Waals surface area contributed by atoms with Crippen molar-refractivity contribution < 1.29 is 8.42 Å². The van der Waals surface area contributed by atoms with E-state index in [0.717, 1.165) is 16.9 Å². The quantitative estimate of drug-likeness (QED) is 0.806. The first-order chi connectivity index (χ1) is 9.58. The summed E-state index contributed by atoms with van der Waals surface area (Å²) in [6.07, 6.45) is 5.98. The maximum absolute atomic E-state index is 12.3. The average molecular weight is 307 g/mol. The third-order valence-electron chi connectivity index (χ3n) is 2.89. The van der Waals surface area contributed by atoms with E-state index in [1.807, 2.05) is 13.0 Å². The molecule has 5 nitrogen and oxygen atoms in total. The lowest BCUT2D eigenvalue weighted by Crippen LogP contribution is -2.11. The number of nitrogens with zero attached hydrogens (tertiary/aromatic N) is 2. The van der Waals surface area contributed by atoms with Crippen molar-refractivity contribution in [2.24, 2.45) is 0 Å². The summed E-state index contributed by atoms with van der Waals surface area (Å²) in [5.74, 6) is 0. The molecule has 0 aliphatic rings. The predicted octanol–water partition coefficient (Wildman–Crippen LogP) is 2.76. The molecule has 0 spiro atoms. The van der Waals surface area contributed by atoms with Crippen LogP contribution in [0.15, 0.2) is 47.1 Å². The van der Waals surface area contributed by atoms with Crippen LogP contribution in [0.4, 0.5) is 5.69 Å². The third-order valence-corrected chi connectivity index (χ3v) is 5.99. The van der Waals surface area contributed by atoms with Gasteiger partial charge in [0.1, 0.15) is 9.86 Å². The van der Waals surface area contributed by atoms with E-state index in [1.165, 1.54) is 11.3 Å². The predicted molar refractivity (Wildman–Crippen MR) is 79.7 cm³/mol. The number of anilines is 1. The van der Waals surface area contributed by atoms with E-state index < -0.39 is 10.0 Å². The van der Waals surface area contributed by atoms with Gasteiger partial charge in [-0.25, -0.2) is 13.4 Å². The summed E-state index contributed by atoms with van der Waals surface area (Å²) in [5.41, 5.74) is 1.29. The van der Waals surface area contributed by atoms with Crippen molar-refractivity contribution in [1.29, 1.82) is 0 Å². The summed E-state index contributed by atoms with van der Waals surface area (Å²) in [6.45, 7) is 2.00. The zero-order valence-electron chi connectivity index (χ0n) is 10.8. The summed E-state index contributed by atoms with van der Waals surface area (Å²) < 4.78 is 29.2. The van der Waals surface area contributed by atoms with Crippen molar-refractivity contribution in [1.82, 2.24) is 9.38 Å². The molecule has 3 aromatic rings. The minimum Gasteiger partial charge on any atom is -0.305 e. The van der Waals surface area contributed by atoms with Gasteiger partial charge in [-0.2, -0.15) is 0 Å². The molecule has 3 rings (SSSR count). The van der Waals surface area contributed by atoms with Gasteiger partial charge in [0.05, 0.1) is 5.69 Å². The second-order valence-electron chi connectivity index (χ2n) is 4.29. The molecule has 0 radical (unpaired) electrons. The maximum atomic E-state index is 12.3. The fraction of sp³-hybridized carbons (Fsp3) is 0.154. The van der Waals surface area contributed by atoms with Gasteiger partial charge in [0.2, 0.25) is 0 Å². The molecular formula is C13H13N3O2S2. The number of hydrogen-bond acceptors (Lipinski definition) is 4. The average Bonchev–Trinajstić information content (AvgIpc) is 3.06. The summed E-state index contributed by atoms with van der Waals surface area (Å²) in [4.78, 5) is 5.17. The minimum absolute atomic E-state index is 0.333. The number of sulfonamides is 1. The molecule has 104 valence electrons. The number of imidazole rings is 1. The van der Waals surface area contributed by atoms with Gasteiger partial charge in [-0.3, -0.25) is 4.72 Å². The van der Waals surface area contributed by atoms with Crippen LogP contribution >= 0.6 is 11.3 Å². The second kappa shape index (κ2) is 4.92. The summed E-state index contributed by atoms with van der Waals surface area (Å²) in [5, 5.41) is 0. The highest BCUT2D eigenvalue weighted by Crippen LogP contribution is 2.24. The molecule has 20 heavy (non-hydrogen) atoms. The van der Waals surface area contributed by atoms with Crippen molar-refractivity contribution in [3.63, 3.8) is 0 Å². The molecule has 0 aromatic carbocycles. The first-order valence-corrected chi connectivity index (χ1v) is 8.43. The number of fused-ring (bicyclic) bond motifs is 1. The minimum atomic E-state index is -3.52.